The van der Waals surface area contributed by atoms with E-state index in [1.54, 1.807) is 12.1 Å². The zero-order chi connectivity index (χ0) is 12.0. The van der Waals surface area contributed by atoms with Gasteiger partial charge in [0.2, 0.25) is 0 Å². The van der Waals surface area contributed by atoms with Crippen LogP contribution in [-0.4, -0.2) is 24.2 Å². The number of aliphatic carboxylic acids is 1. The highest BCUT2D eigenvalue weighted by molar-refractivity contribution is 5.67. The van der Waals surface area contributed by atoms with Gasteiger partial charge in [-0.2, -0.15) is 5.26 Å². The van der Waals surface area contributed by atoms with Crippen molar-refractivity contribution < 1.29 is 9.90 Å². The molecule has 84 valence electrons. The molecule has 0 atom stereocenters. The summed E-state index contributed by atoms with van der Waals surface area (Å²) in [6.45, 7) is 3.21. The van der Waals surface area contributed by atoms with Gasteiger partial charge in [0.1, 0.15) is 0 Å². The second-order valence-electron chi connectivity index (χ2n) is 3.38. The third-order valence-electron chi connectivity index (χ3n) is 2.34. The van der Waals surface area contributed by atoms with Crippen LogP contribution in [0.4, 0.5) is 5.69 Å². The summed E-state index contributed by atoms with van der Waals surface area (Å²) in [6.07, 6.45) is 0.119. The van der Waals surface area contributed by atoms with Crippen molar-refractivity contribution in [3.63, 3.8) is 0 Å². The van der Waals surface area contributed by atoms with Gasteiger partial charge in [0.15, 0.2) is 0 Å². The molecule has 4 heteroatoms. The number of nitrogens with zero attached hydrogens (tertiary/aromatic N) is 2. The molecule has 0 fully saturated rings. The lowest BCUT2D eigenvalue weighted by Crippen LogP contribution is -2.25. The maximum absolute atomic E-state index is 10.5. The lowest BCUT2D eigenvalue weighted by Gasteiger charge is -2.22. The third kappa shape index (κ3) is 3.28. The van der Waals surface area contributed by atoms with E-state index in [1.165, 1.54) is 0 Å². The van der Waals surface area contributed by atoms with E-state index in [1.807, 2.05) is 30.0 Å². The van der Waals surface area contributed by atoms with E-state index in [0.717, 1.165) is 12.2 Å². The van der Waals surface area contributed by atoms with E-state index in [9.17, 15) is 4.79 Å². The highest BCUT2D eigenvalue weighted by Crippen LogP contribution is 2.15. The van der Waals surface area contributed by atoms with Crippen molar-refractivity contribution in [3.05, 3.63) is 29.8 Å². The Bertz CT molecular complexity index is 392. The monoisotopic (exact) mass is 218 g/mol. The van der Waals surface area contributed by atoms with E-state index in [-0.39, 0.29) is 6.42 Å². The molecule has 1 N–H and O–H groups in total. The van der Waals surface area contributed by atoms with Crippen LogP contribution in [0.1, 0.15) is 18.9 Å². The Morgan fingerprint density at radius 2 is 2.06 bits per heavy atom. The number of hydrogen-bond donors (Lipinski definition) is 1. The van der Waals surface area contributed by atoms with Crippen molar-refractivity contribution in [2.75, 3.05) is 18.0 Å². The molecule has 0 amide bonds. The summed E-state index contributed by atoms with van der Waals surface area (Å²) in [6, 6.07) is 9.19. The second-order valence-corrected chi connectivity index (χ2v) is 3.38. The van der Waals surface area contributed by atoms with Crippen LogP contribution in [-0.2, 0) is 4.79 Å². The molecule has 0 unspecified atom stereocenters. The van der Waals surface area contributed by atoms with Crippen LogP contribution in [0.2, 0.25) is 0 Å². The van der Waals surface area contributed by atoms with Crippen LogP contribution in [0.15, 0.2) is 24.3 Å². The lowest BCUT2D eigenvalue weighted by atomic mass is 10.2. The summed E-state index contributed by atoms with van der Waals surface area (Å²) < 4.78 is 0. The van der Waals surface area contributed by atoms with Crippen LogP contribution < -0.4 is 4.90 Å². The Morgan fingerprint density at radius 1 is 1.44 bits per heavy atom. The van der Waals surface area contributed by atoms with Gasteiger partial charge in [0.05, 0.1) is 18.1 Å². The smallest absolute Gasteiger partial charge is 0.305 e. The zero-order valence-corrected chi connectivity index (χ0v) is 9.18. The summed E-state index contributed by atoms with van der Waals surface area (Å²) in [5.74, 6) is -0.799. The Hall–Kier alpha value is -2.02. The summed E-state index contributed by atoms with van der Waals surface area (Å²) in [5, 5.41) is 17.3. The van der Waals surface area contributed by atoms with Crippen LogP contribution in [0.25, 0.3) is 0 Å². The molecule has 1 aromatic carbocycles. The van der Waals surface area contributed by atoms with Crippen molar-refractivity contribution in [1.82, 2.24) is 0 Å². The van der Waals surface area contributed by atoms with Crippen molar-refractivity contribution >= 4 is 11.7 Å². The first kappa shape index (κ1) is 12.1. The average molecular weight is 218 g/mol. The van der Waals surface area contributed by atoms with Gasteiger partial charge in [-0.25, -0.2) is 0 Å². The fraction of sp³-hybridized carbons (Fsp3) is 0.333. The van der Waals surface area contributed by atoms with Gasteiger partial charge in [0.25, 0.3) is 0 Å². The molecule has 4 nitrogen and oxygen atoms in total. The van der Waals surface area contributed by atoms with E-state index in [4.69, 9.17) is 10.4 Å². The third-order valence-corrected chi connectivity index (χ3v) is 2.34. The minimum Gasteiger partial charge on any atom is -0.481 e. The van der Waals surface area contributed by atoms with Crippen molar-refractivity contribution in [3.8, 4) is 6.07 Å². The molecule has 0 saturated carbocycles. The summed E-state index contributed by atoms with van der Waals surface area (Å²) in [7, 11) is 0. The summed E-state index contributed by atoms with van der Waals surface area (Å²) >= 11 is 0. The molecule has 1 rings (SSSR count). The highest BCUT2D eigenvalue weighted by Gasteiger charge is 2.06. The number of carboxylic acids is 1. The minimum absolute atomic E-state index is 0.119. The van der Waals surface area contributed by atoms with Crippen LogP contribution in [0.5, 0.6) is 0 Å². The Morgan fingerprint density at radius 3 is 2.50 bits per heavy atom. The molecule has 0 aliphatic heterocycles. The average Bonchev–Trinajstić information content (AvgIpc) is 2.30. The number of rotatable bonds is 5. The zero-order valence-electron chi connectivity index (χ0n) is 9.18. The van der Waals surface area contributed by atoms with Gasteiger partial charge < -0.3 is 10.0 Å². The Kier molecular flexibility index (Phi) is 4.34. The molecule has 0 bridgehead atoms. The van der Waals surface area contributed by atoms with Gasteiger partial charge in [-0.1, -0.05) is 0 Å². The van der Waals surface area contributed by atoms with Gasteiger partial charge >= 0.3 is 5.97 Å². The molecular weight excluding hydrogens is 204 g/mol. The van der Waals surface area contributed by atoms with Crippen LogP contribution in [0.3, 0.4) is 0 Å². The topological polar surface area (TPSA) is 64.3 Å². The molecule has 0 aliphatic rings. The van der Waals surface area contributed by atoms with Gasteiger partial charge in [-0.15, -0.1) is 0 Å². The molecule has 0 spiro atoms. The number of anilines is 1. The van der Waals surface area contributed by atoms with Crippen LogP contribution >= 0.6 is 0 Å². The molecule has 0 aliphatic carbocycles. The summed E-state index contributed by atoms with van der Waals surface area (Å²) in [5.41, 5.74) is 1.56. The normalized spacial score (nSPS) is 9.50. The molecule has 0 aromatic heterocycles. The lowest BCUT2D eigenvalue weighted by molar-refractivity contribution is -0.136. The first-order valence-electron chi connectivity index (χ1n) is 5.14. The van der Waals surface area contributed by atoms with Crippen molar-refractivity contribution in [2.24, 2.45) is 0 Å². The number of hydrogen-bond acceptors (Lipinski definition) is 3. The molecular formula is C12H14N2O2. The van der Waals surface area contributed by atoms with E-state index in [0.29, 0.717) is 12.1 Å². The van der Waals surface area contributed by atoms with Crippen molar-refractivity contribution in [1.29, 1.82) is 5.26 Å². The van der Waals surface area contributed by atoms with E-state index < -0.39 is 5.97 Å². The SMILES string of the molecule is CCN(CCC(=O)O)c1ccc(C#N)cc1. The number of benzene rings is 1. The highest BCUT2D eigenvalue weighted by atomic mass is 16.4. The fourth-order valence-electron chi connectivity index (χ4n) is 1.45. The van der Waals surface area contributed by atoms with E-state index in [2.05, 4.69) is 0 Å². The number of carbonyl (C=O) groups is 1. The fourth-order valence-corrected chi connectivity index (χ4v) is 1.45. The number of nitriles is 1. The minimum atomic E-state index is -0.799. The van der Waals surface area contributed by atoms with Crippen molar-refractivity contribution in [2.45, 2.75) is 13.3 Å². The molecule has 16 heavy (non-hydrogen) atoms. The second kappa shape index (κ2) is 5.76. The predicted octanol–water partition coefficient (Wildman–Crippen LogP) is 1.86. The van der Waals surface area contributed by atoms with E-state index >= 15 is 0 Å². The van der Waals surface area contributed by atoms with Crippen LogP contribution in [0, 0.1) is 11.3 Å². The first-order valence-corrected chi connectivity index (χ1v) is 5.14. The molecule has 0 radical (unpaired) electrons. The molecule has 0 heterocycles. The summed E-state index contributed by atoms with van der Waals surface area (Å²) in [4.78, 5) is 12.4. The van der Waals surface area contributed by atoms with Gasteiger partial charge in [-0.05, 0) is 31.2 Å². The molecule has 1 aromatic rings. The molecule has 0 saturated heterocycles. The number of carboxylic acid groups (broad SMARTS) is 1. The Balaban J connectivity index is 2.71. The largest absolute Gasteiger partial charge is 0.481 e. The van der Waals surface area contributed by atoms with Gasteiger partial charge in [0, 0.05) is 18.8 Å². The standard InChI is InChI=1S/C12H14N2O2/c1-2-14(8-7-12(15)16)11-5-3-10(9-13)4-6-11/h3-6H,2,7-8H2,1H3,(H,15,16). The maximum atomic E-state index is 10.5. The predicted molar refractivity (Wildman–Crippen MR) is 61.3 cm³/mol. The van der Waals surface area contributed by atoms with Gasteiger partial charge in [-0.3, -0.25) is 4.79 Å². The first-order chi connectivity index (χ1) is 7.67. The maximum Gasteiger partial charge on any atom is 0.305 e. The quantitative estimate of drug-likeness (QED) is 0.819. The Labute approximate surface area is 94.7 Å².